The zero-order valence-electron chi connectivity index (χ0n) is 44.7. The van der Waals surface area contributed by atoms with Crippen LogP contribution in [0.1, 0.15) is 264 Å². The molecule has 3 N–H and O–H groups in total. The number of unbranched alkanes of at least 4 members (excludes halogenated alkanes) is 32. The summed E-state index contributed by atoms with van der Waals surface area (Å²) in [5, 5.41) is 24.7. The number of hydrogen-bond acceptors (Lipinski definition) is 7. The fourth-order valence-electron chi connectivity index (χ4n) is 8.38. The van der Waals surface area contributed by atoms with E-state index in [-0.39, 0.29) is 18.9 Å². The van der Waals surface area contributed by atoms with Gasteiger partial charge >= 0.3 is 0 Å². The van der Waals surface area contributed by atoms with E-state index in [1.807, 2.05) is 21.1 Å². The topological polar surface area (TPSA) is 128 Å². The number of quaternary nitrogens is 1. The molecule has 0 saturated heterocycles. The van der Waals surface area contributed by atoms with E-state index >= 15 is 0 Å². The number of nitrogens with zero attached hydrogens (tertiary/aromatic N) is 1. The highest BCUT2D eigenvalue weighted by atomic mass is 31.2. The summed E-state index contributed by atoms with van der Waals surface area (Å²) in [6.07, 6.45) is 58.0. The van der Waals surface area contributed by atoms with E-state index in [1.54, 1.807) is 0 Å². The molecule has 0 spiro atoms. The normalized spacial score (nSPS) is 14.7. The van der Waals surface area contributed by atoms with Crippen molar-refractivity contribution in [1.82, 2.24) is 5.32 Å². The Hall–Kier alpha value is -1.32. The van der Waals surface area contributed by atoms with Crippen LogP contribution in [0.5, 0.6) is 0 Å². The molecule has 67 heavy (non-hydrogen) atoms. The van der Waals surface area contributed by atoms with Crippen molar-refractivity contribution in [3.05, 3.63) is 36.5 Å². The number of allylic oxidation sites excluding steroid dienone is 6. The molecule has 0 aliphatic heterocycles. The Morgan fingerprint density at radius 2 is 0.866 bits per heavy atom. The van der Waals surface area contributed by atoms with Crippen molar-refractivity contribution >= 4 is 13.7 Å². The van der Waals surface area contributed by atoms with Crippen LogP contribution in [0.15, 0.2) is 36.5 Å². The summed E-state index contributed by atoms with van der Waals surface area (Å²) in [6.45, 7) is 4.40. The van der Waals surface area contributed by atoms with E-state index < -0.39 is 32.7 Å². The monoisotopic (exact) mass is 967 g/mol. The highest BCUT2D eigenvalue weighted by molar-refractivity contribution is 7.45. The van der Waals surface area contributed by atoms with Crippen LogP contribution in [-0.2, 0) is 18.4 Å². The Balaban J connectivity index is 4.11. The Morgan fingerprint density at radius 1 is 0.522 bits per heavy atom. The van der Waals surface area contributed by atoms with Crippen molar-refractivity contribution in [1.29, 1.82) is 0 Å². The standard InChI is InChI=1S/C57H111N2O7P/c1-6-8-10-12-14-16-18-20-21-22-23-24-25-26-27-28-29-30-31-32-33-34-35-36-37-38-40-42-44-46-48-50-56(61)58-54(53-66-67(63,64)65-52-51-59(3,4)5)57(62)55(60)49-47-45-43-41-39-19-17-15-13-11-9-7-2/h15,17,22-23,41,43,54-55,57,60,62H,6-14,16,18-21,24-40,42,44-53H2,1-5H3,(H-,58,61,63,64)/b17-15+,23-22-,43-41+. The van der Waals surface area contributed by atoms with E-state index in [1.165, 1.54) is 180 Å². The van der Waals surface area contributed by atoms with E-state index in [0.29, 0.717) is 30.3 Å². The number of aliphatic hydroxyl groups excluding tert-OH is 2. The molecule has 0 radical (unpaired) electrons. The molecule has 0 aromatic heterocycles. The maximum Gasteiger partial charge on any atom is 0.268 e. The number of phosphoric ester groups is 1. The third-order valence-corrected chi connectivity index (χ3v) is 13.9. The molecule has 0 heterocycles. The van der Waals surface area contributed by atoms with Crippen LogP contribution >= 0.6 is 7.82 Å². The summed E-state index contributed by atoms with van der Waals surface area (Å²) in [5.41, 5.74) is 0. The van der Waals surface area contributed by atoms with Gasteiger partial charge < -0.3 is 34.0 Å². The van der Waals surface area contributed by atoms with Crippen LogP contribution in [0, 0.1) is 0 Å². The molecule has 396 valence electrons. The van der Waals surface area contributed by atoms with Crippen LogP contribution in [0.2, 0.25) is 0 Å². The SMILES string of the molecule is CCCCC/C=C/CC/C=C/CCCC(O)C(O)C(COP(=O)([O-])OCC[N+](C)(C)C)NC(=O)CCCCCCCCCCCCCCCCCCCCC/C=C\CCCCCCCCCC. The van der Waals surface area contributed by atoms with E-state index in [9.17, 15) is 24.5 Å². The first kappa shape index (κ1) is 65.7. The second-order valence-electron chi connectivity index (χ2n) is 20.8. The van der Waals surface area contributed by atoms with Gasteiger partial charge in [0.25, 0.3) is 7.82 Å². The molecule has 9 nitrogen and oxygen atoms in total. The summed E-state index contributed by atoms with van der Waals surface area (Å²) >= 11 is 0. The lowest BCUT2D eigenvalue weighted by Crippen LogP contribution is -2.51. The van der Waals surface area contributed by atoms with Gasteiger partial charge in [0, 0.05) is 6.42 Å². The van der Waals surface area contributed by atoms with Crippen LogP contribution in [-0.4, -0.2) is 79.8 Å². The van der Waals surface area contributed by atoms with Gasteiger partial charge in [-0.15, -0.1) is 0 Å². The van der Waals surface area contributed by atoms with Gasteiger partial charge in [-0.25, -0.2) is 0 Å². The summed E-state index contributed by atoms with van der Waals surface area (Å²) in [6, 6.07) is -1.09. The summed E-state index contributed by atoms with van der Waals surface area (Å²) in [5.74, 6) is -0.290. The van der Waals surface area contributed by atoms with Gasteiger partial charge in [-0.1, -0.05) is 217 Å². The van der Waals surface area contributed by atoms with Gasteiger partial charge in [0.05, 0.1) is 39.9 Å². The minimum atomic E-state index is -4.68. The fraction of sp³-hybridized carbons (Fsp3) is 0.877. The maximum absolute atomic E-state index is 13.0. The molecule has 0 aliphatic carbocycles. The molecule has 4 unspecified atom stereocenters. The van der Waals surface area contributed by atoms with Gasteiger partial charge in [-0.2, -0.15) is 0 Å². The average Bonchev–Trinajstić information content (AvgIpc) is 3.29. The number of likely N-dealkylation sites (N-methyl/N-ethyl adjacent to an activating group) is 1. The molecule has 0 aromatic carbocycles. The number of phosphoric acid groups is 1. The predicted octanol–water partition coefficient (Wildman–Crippen LogP) is 15.3. The van der Waals surface area contributed by atoms with Crippen molar-refractivity contribution in [2.45, 2.75) is 283 Å². The Bertz CT molecular complexity index is 1210. The van der Waals surface area contributed by atoms with Crippen molar-refractivity contribution in [2.24, 2.45) is 0 Å². The molecule has 10 heteroatoms. The van der Waals surface area contributed by atoms with Gasteiger partial charge in [0.1, 0.15) is 19.3 Å². The maximum atomic E-state index is 13.0. The lowest BCUT2D eigenvalue weighted by Gasteiger charge is -2.31. The summed E-state index contributed by atoms with van der Waals surface area (Å²) < 4.78 is 23.2. The molecule has 4 atom stereocenters. The summed E-state index contributed by atoms with van der Waals surface area (Å²) in [7, 11) is 1.10. The van der Waals surface area contributed by atoms with E-state index in [2.05, 4.69) is 55.6 Å². The number of carbonyl (C=O) groups excluding carboxylic acids is 1. The van der Waals surface area contributed by atoms with E-state index in [4.69, 9.17) is 9.05 Å². The number of amides is 1. The van der Waals surface area contributed by atoms with Crippen molar-refractivity contribution in [3.8, 4) is 0 Å². The second kappa shape index (κ2) is 48.3. The molecular formula is C57H111N2O7P. The molecule has 0 bridgehead atoms. The molecule has 0 rings (SSSR count). The third-order valence-electron chi connectivity index (χ3n) is 12.9. The molecular weight excluding hydrogens is 856 g/mol. The number of aliphatic hydroxyl groups is 2. The highest BCUT2D eigenvalue weighted by Crippen LogP contribution is 2.38. The zero-order chi connectivity index (χ0) is 49.4. The summed E-state index contributed by atoms with van der Waals surface area (Å²) in [4.78, 5) is 25.5. The largest absolute Gasteiger partial charge is 0.756 e. The van der Waals surface area contributed by atoms with Crippen LogP contribution in [0.4, 0.5) is 0 Å². The Morgan fingerprint density at radius 3 is 1.28 bits per heavy atom. The van der Waals surface area contributed by atoms with Gasteiger partial charge in [-0.3, -0.25) is 9.36 Å². The Kier molecular flexibility index (Phi) is 47.4. The highest BCUT2D eigenvalue weighted by Gasteiger charge is 2.29. The first-order valence-corrected chi connectivity index (χ1v) is 29.9. The van der Waals surface area contributed by atoms with Crippen LogP contribution < -0.4 is 10.2 Å². The van der Waals surface area contributed by atoms with Gasteiger partial charge in [0.2, 0.25) is 5.91 Å². The molecule has 0 fully saturated rings. The zero-order valence-corrected chi connectivity index (χ0v) is 45.6. The first-order valence-electron chi connectivity index (χ1n) is 28.4. The van der Waals surface area contributed by atoms with Crippen LogP contribution in [0.25, 0.3) is 0 Å². The fourth-order valence-corrected chi connectivity index (χ4v) is 9.11. The third kappa shape index (κ3) is 49.5. The Labute approximate surface area is 415 Å². The lowest BCUT2D eigenvalue weighted by molar-refractivity contribution is -0.870. The average molecular weight is 967 g/mol. The van der Waals surface area contributed by atoms with Gasteiger partial charge in [-0.05, 0) is 77.0 Å². The smallest absolute Gasteiger partial charge is 0.268 e. The van der Waals surface area contributed by atoms with Crippen molar-refractivity contribution in [2.75, 3.05) is 40.9 Å². The second-order valence-corrected chi connectivity index (χ2v) is 22.2. The quantitative estimate of drug-likeness (QED) is 0.0240. The molecule has 1 amide bonds. The van der Waals surface area contributed by atoms with Crippen molar-refractivity contribution < 1.29 is 38.0 Å². The number of carbonyl (C=O) groups is 1. The van der Waals surface area contributed by atoms with Gasteiger partial charge in [0.15, 0.2) is 0 Å². The molecule has 0 saturated carbocycles. The lowest BCUT2D eigenvalue weighted by atomic mass is 10.0. The number of hydrogen-bond donors (Lipinski definition) is 3. The minimum absolute atomic E-state index is 0.0478. The number of rotatable bonds is 52. The van der Waals surface area contributed by atoms with E-state index in [0.717, 1.165) is 44.9 Å². The number of nitrogens with one attached hydrogen (secondary N) is 1. The molecule has 0 aromatic rings. The molecule has 0 aliphatic rings. The van der Waals surface area contributed by atoms with Crippen molar-refractivity contribution in [3.63, 3.8) is 0 Å². The predicted molar refractivity (Wildman–Crippen MR) is 285 cm³/mol. The minimum Gasteiger partial charge on any atom is -0.756 e. The first-order chi connectivity index (χ1) is 32.4. The van der Waals surface area contributed by atoms with Crippen LogP contribution in [0.3, 0.4) is 0 Å².